The molecule has 0 aliphatic heterocycles. The molecule has 1 N–H and O–H groups in total. The van der Waals surface area contributed by atoms with Gasteiger partial charge >= 0.3 is 5.97 Å². The summed E-state index contributed by atoms with van der Waals surface area (Å²) in [5.41, 5.74) is 2.42. The highest BCUT2D eigenvalue weighted by Gasteiger charge is 2.11. The van der Waals surface area contributed by atoms with Crippen LogP contribution in [0.1, 0.15) is 28.7 Å². The summed E-state index contributed by atoms with van der Waals surface area (Å²) in [6.07, 6.45) is 1.92. The molecule has 0 spiro atoms. The smallest absolute Gasteiger partial charge is 0.374 e. The van der Waals surface area contributed by atoms with E-state index in [-0.39, 0.29) is 5.76 Å². The van der Waals surface area contributed by atoms with Crippen molar-refractivity contribution in [2.75, 3.05) is 0 Å². The number of nitrogens with zero attached hydrogens (tertiary/aromatic N) is 1. The maximum Gasteiger partial charge on any atom is 0.374 e. The Bertz CT molecular complexity index is 555. The first kappa shape index (κ1) is 11.1. The van der Waals surface area contributed by atoms with Gasteiger partial charge in [0.15, 0.2) is 0 Å². The highest BCUT2D eigenvalue weighted by atomic mass is 16.5. The standard InChI is InChI=1S/C13H11NO3/c1-9(7-10-5-3-2-4-6-10)11-8-12(13(15)16)17-14-11/h2-8H,1H3,(H,15,16)/b9-7+. The summed E-state index contributed by atoms with van der Waals surface area (Å²) in [4.78, 5) is 10.6. The molecular weight excluding hydrogens is 218 g/mol. The van der Waals surface area contributed by atoms with E-state index in [0.717, 1.165) is 11.1 Å². The third-order valence-electron chi connectivity index (χ3n) is 2.31. The van der Waals surface area contributed by atoms with Gasteiger partial charge in [0.25, 0.3) is 0 Å². The van der Waals surface area contributed by atoms with Gasteiger partial charge in [0.2, 0.25) is 5.76 Å². The number of hydrogen-bond donors (Lipinski definition) is 1. The Morgan fingerprint density at radius 2 is 2.06 bits per heavy atom. The number of hydrogen-bond acceptors (Lipinski definition) is 3. The highest BCUT2D eigenvalue weighted by Crippen LogP contribution is 2.17. The van der Waals surface area contributed by atoms with Gasteiger partial charge in [-0.1, -0.05) is 35.5 Å². The van der Waals surface area contributed by atoms with Gasteiger partial charge < -0.3 is 9.63 Å². The Morgan fingerprint density at radius 1 is 1.35 bits per heavy atom. The predicted octanol–water partition coefficient (Wildman–Crippen LogP) is 2.93. The van der Waals surface area contributed by atoms with E-state index in [9.17, 15) is 4.79 Å². The molecule has 4 nitrogen and oxygen atoms in total. The molecule has 4 heteroatoms. The monoisotopic (exact) mass is 229 g/mol. The van der Waals surface area contributed by atoms with E-state index in [0.29, 0.717) is 5.69 Å². The Kier molecular flexibility index (Phi) is 3.05. The number of aromatic carboxylic acids is 1. The first-order chi connectivity index (χ1) is 8.16. The van der Waals surface area contributed by atoms with Crippen LogP contribution in [0.25, 0.3) is 11.6 Å². The number of carboxylic acid groups (broad SMARTS) is 1. The zero-order valence-corrected chi connectivity index (χ0v) is 9.25. The molecule has 0 amide bonds. The second-order valence-electron chi connectivity index (χ2n) is 3.62. The molecule has 1 aromatic carbocycles. The Morgan fingerprint density at radius 3 is 2.65 bits per heavy atom. The number of carboxylic acids is 1. The van der Waals surface area contributed by atoms with Crippen molar-refractivity contribution in [3.05, 3.63) is 53.4 Å². The fraction of sp³-hybridized carbons (Fsp3) is 0.0769. The molecule has 0 fully saturated rings. The summed E-state index contributed by atoms with van der Waals surface area (Å²) in [5, 5.41) is 12.4. The third kappa shape index (κ3) is 2.60. The van der Waals surface area contributed by atoms with E-state index in [1.165, 1.54) is 6.07 Å². The highest BCUT2D eigenvalue weighted by molar-refractivity contribution is 5.86. The third-order valence-corrected chi connectivity index (χ3v) is 2.31. The number of allylic oxidation sites excluding steroid dienone is 1. The molecule has 2 aromatic rings. The van der Waals surface area contributed by atoms with E-state index in [1.54, 1.807) is 0 Å². The summed E-state index contributed by atoms with van der Waals surface area (Å²) in [7, 11) is 0. The maximum atomic E-state index is 10.6. The molecule has 1 heterocycles. The Hall–Kier alpha value is -2.36. The Labute approximate surface area is 98.2 Å². The number of aromatic nitrogens is 1. The first-order valence-electron chi connectivity index (χ1n) is 5.10. The largest absolute Gasteiger partial charge is 0.475 e. The van der Waals surface area contributed by atoms with Gasteiger partial charge in [-0.05, 0) is 24.1 Å². The van der Waals surface area contributed by atoms with Crippen molar-refractivity contribution >= 4 is 17.6 Å². The average molecular weight is 229 g/mol. The van der Waals surface area contributed by atoms with Crippen molar-refractivity contribution in [3.8, 4) is 0 Å². The van der Waals surface area contributed by atoms with Crippen LogP contribution in [0, 0.1) is 0 Å². The lowest BCUT2D eigenvalue weighted by Gasteiger charge is -1.95. The van der Waals surface area contributed by atoms with Gasteiger partial charge in [0.05, 0.1) is 0 Å². The van der Waals surface area contributed by atoms with Gasteiger partial charge in [-0.3, -0.25) is 0 Å². The fourth-order valence-corrected chi connectivity index (χ4v) is 1.44. The molecular formula is C13H11NO3. The molecule has 1 aromatic heterocycles. The topological polar surface area (TPSA) is 63.3 Å². The zero-order valence-electron chi connectivity index (χ0n) is 9.25. The number of benzene rings is 1. The van der Waals surface area contributed by atoms with Crippen LogP contribution in [0.2, 0.25) is 0 Å². The molecule has 0 aliphatic carbocycles. The summed E-state index contributed by atoms with van der Waals surface area (Å²) in [5.74, 6) is -1.27. The fourth-order valence-electron chi connectivity index (χ4n) is 1.44. The van der Waals surface area contributed by atoms with Crippen LogP contribution in [0.5, 0.6) is 0 Å². The quantitative estimate of drug-likeness (QED) is 0.878. The lowest BCUT2D eigenvalue weighted by atomic mass is 10.1. The first-order valence-corrected chi connectivity index (χ1v) is 5.10. The van der Waals surface area contributed by atoms with Gasteiger partial charge in [0.1, 0.15) is 5.69 Å². The van der Waals surface area contributed by atoms with Crippen LogP contribution >= 0.6 is 0 Å². The van der Waals surface area contributed by atoms with E-state index in [2.05, 4.69) is 5.16 Å². The molecule has 0 radical (unpaired) electrons. The van der Waals surface area contributed by atoms with Crippen molar-refractivity contribution in [2.24, 2.45) is 0 Å². The molecule has 2 rings (SSSR count). The minimum absolute atomic E-state index is 0.152. The van der Waals surface area contributed by atoms with Gasteiger partial charge in [-0.2, -0.15) is 0 Å². The van der Waals surface area contributed by atoms with E-state index in [1.807, 2.05) is 43.3 Å². The lowest BCUT2D eigenvalue weighted by molar-refractivity contribution is 0.0652. The van der Waals surface area contributed by atoms with E-state index in [4.69, 9.17) is 9.63 Å². The summed E-state index contributed by atoms with van der Waals surface area (Å²) < 4.78 is 4.69. The lowest BCUT2D eigenvalue weighted by Crippen LogP contribution is -1.91. The second kappa shape index (κ2) is 4.65. The Balaban J connectivity index is 2.27. The SMILES string of the molecule is C/C(=C\c1ccccc1)c1cc(C(=O)O)on1. The van der Waals surface area contributed by atoms with Crippen LogP contribution in [0.3, 0.4) is 0 Å². The molecule has 17 heavy (non-hydrogen) atoms. The molecule has 0 atom stereocenters. The molecule has 0 aliphatic rings. The molecule has 0 unspecified atom stereocenters. The van der Waals surface area contributed by atoms with Crippen molar-refractivity contribution < 1.29 is 14.4 Å². The molecule has 0 saturated heterocycles. The zero-order chi connectivity index (χ0) is 12.3. The normalized spacial score (nSPS) is 11.5. The van der Waals surface area contributed by atoms with Crippen molar-refractivity contribution in [1.82, 2.24) is 5.16 Å². The summed E-state index contributed by atoms with van der Waals surface area (Å²) in [6.45, 7) is 1.86. The van der Waals surface area contributed by atoms with Gasteiger partial charge in [-0.25, -0.2) is 4.79 Å². The van der Waals surface area contributed by atoms with Crippen molar-refractivity contribution in [3.63, 3.8) is 0 Å². The minimum atomic E-state index is -1.11. The van der Waals surface area contributed by atoms with Crippen molar-refractivity contribution in [1.29, 1.82) is 0 Å². The summed E-state index contributed by atoms with van der Waals surface area (Å²) in [6, 6.07) is 11.1. The molecule has 86 valence electrons. The van der Waals surface area contributed by atoms with Crippen molar-refractivity contribution in [2.45, 2.75) is 6.92 Å². The number of carbonyl (C=O) groups is 1. The molecule has 0 saturated carbocycles. The second-order valence-corrected chi connectivity index (χ2v) is 3.62. The van der Waals surface area contributed by atoms with Gasteiger partial charge in [0, 0.05) is 6.07 Å². The van der Waals surface area contributed by atoms with Crippen LogP contribution in [0.15, 0.2) is 40.9 Å². The maximum absolute atomic E-state index is 10.6. The average Bonchev–Trinajstić information content (AvgIpc) is 2.79. The van der Waals surface area contributed by atoms with Crippen LogP contribution < -0.4 is 0 Å². The van der Waals surface area contributed by atoms with Crippen LogP contribution in [-0.2, 0) is 0 Å². The van der Waals surface area contributed by atoms with Crippen LogP contribution in [0.4, 0.5) is 0 Å². The van der Waals surface area contributed by atoms with E-state index < -0.39 is 5.97 Å². The summed E-state index contributed by atoms with van der Waals surface area (Å²) >= 11 is 0. The minimum Gasteiger partial charge on any atom is -0.475 e. The molecule has 0 bridgehead atoms. The predicted molar refractivity (Wildman–Crippen MR) is 63.4 cm³/mol. The number of rotatable bonds is 3. The van der Waals surface area contributed by atoms with Gasteiger partial charge in [-0.15, -0.1) is 0 Å². The van der Waals surface area contributed by atoms with E-state index >= 15 is 0 Å². The van der Waals surface area contributed by atoms with Crippen LogP contribution in [-0.4, -0.2) is 16.2 Å².